The number of hydrogen-bond donors (Lipinski definition) is 2. The van der Waals surface area contributed by atoms with Crippen LogP contribution in [0.5, 0.6) is 0 Å². The van der Waals surface area contributed by atoms with E-state index in [1.165, 1.54) is 64.3 Å². The van der Waals surface area contributed by atoms with Crippen molar-refractivity contribution < 1.29 is 0 Å². The second-order valence-electron chi connectivity index (χ2n) is 5.71. The molecule has 0 unspecified atom stereocenters. The molecule has 2 saturated carbocycles. The fourth-order valence-electron chi connectivity index (χ4n) is 2.70. The maximum Gasteiger partial charge on any atom is 0.0124 e. The summed E-state index contributed by atoms with van der Waals surface area (Å²) >= 11 is 0. The first-order valence-electron chi connectivity index (χ1n) is 7.35. The van der Waals surface area contributed by atoms with Crippen LogP contribution in [-0.2, 0) is 0 Å². The van der Waals surface area contributed by atoms with Crippen molar-refractivity contribution in [2.24, 2.45) is 17.6 Å². The van der Waals surface area contributed by atoms with Crippen LogP contribution in [0.1, 0.15) is 57.8 Å². The van der Waals surface area contributed by atoms with E-state index in [1.807, 2.05) is 0 Å². The van der Waals surface area contributed by atoms with E-state index in [0.717, 1.165) is 24.4 Å². The van der Waals surface area contributed by atoms with Crippen molar-refractivity contribution in [2.45, 2.75) is 63.8 Å². The normalized spacial score (nSPS) is 20.6. The van der Waals surface area contributed by atoms with Crippen molar-refractivity contribution in [3.8, 4) is 0 Å². The van der Waals surface area contributed by atoms with Crippen molar-refractivity contribution in [1.29, 1.82) is 0 Å². The number of unbranched alkanes of at least 4 members (excludes halogenated alkanes) is 4. The zero-order valence-electron chi connectivity index (χ0n) is 10.6. The van der Waals surface area contributed by atoms with Gasteiger partial charge in [0.25, 0.3) is 0 Å². The zero-order chi connectivity index (χ0) is 11.2. The summed E-state index contributed by atoms with van der Waals surface area (Å²) in [5.74, 6) is 2.09. The Kier molecular flexibility index (Phi) is 5.11. The predicted octanol–water partition coefficient (Wildman–Crippen LogP) is 2.67. The Labute approximate surface area is 100 Å². The molecule has 2 aliphatic carbocycles. The molecule has 0 amide bonds. The minimum absolute atomic E-state index is 0.865. The highest BCUT2D eigenvalue weighted by Gasteiger charge is 2.40. The molecular weight excluding hydrogens is 196 g/mol. The van der Waals surface area contributed by atoms with Crippen LogP contribution in [0.4, 0.5) is 0 Å². The van der Waals surface area contributed by atoms with Gasteiger partial charge >= 0.3 is 0 Å². The van der Waals surface area contributed by atoms with E-state index in [9.17, 15) is 0 Å². The van der Waals surface area contributed by atoms with Crippen molar-refractivity contribution in [2.75, 3.05) is 13.1 Å². The van der Waals surface area contributed by atoms with Crippen LogP contribution in [0.2, 0.25) is 0 Å². The molecule has 16 heavy (non-hydrogen) atoms. The highest BCUT2D eigenvalue weighted by molar-refractivity contribution is 4.96. The van der Waals surface area contributed by atoms with Crippen molar-refractivity contribution >= 4 is 0 Å². The molecule has 0 radical (unpaired) electrons. The fourth-order valence-corrected chi connectivity index (χ4v) is 2.70. The lowest BCUT2D eigenvalue weighted by molar-refractivity contribution is 0.409. The molecule has 2 rings (SSSR count). The summed E-state index contributed by atoms with van der Waals surface area (Å²) in [6, 6.07) is 0.893. The molecule has 94 valence electrons. The van der Waals surface area contributed by atoms with Gasteiger partial charge in [0, 0.05) is 6.04 Å². The van der Waals surface area contributed by atoms with Crippen molar-refractivity contribution in [1.82, 2.24) is 5.32 Å². The smallest absolute Gasteiger partial charge is 0.0124 e. The van der Waals surface area contributed by atoms with Crippen LogP contribution in [0.25, 0.3) is 0 Å². The Balaban J connectivity index is 1.44. The summed E-state index contributed by atoms with van der Waals surface area (Å²) in [5.41, 5.74) is 5.48. The van der Waals surface area contributed by atoms with Gasteiger partial charge in [-0.1, -0.05) is 19.3 Å². The van der Waals surface area contributed by atoms with Crippen LogP contribution in [0.3, 0.4) is 0 Å². The van der Waals surface area contributed by atoms with Gasteiger partial charge in [0.15, 0.2) is 0 Å². The predicted molar refractivity (Wildman–Crippen MR) is 69.4 cm³/mol. The molecule has 0 aromatic heterocycles. The highest BCUT2D eigenvalue weighted by atomic mass is 14.9. The average Bonchev–Trinajstić information content (AvgIpc) is 3.16. The van der Waals surface area contributed by atoms with E-state index in [1.54, 1.807) is 0 Å². The summed E-state index contributed by atoms with van der Waals surface area (Å²) in [6.07, 6.45) is 12.6. The number of hydrogen-bond acceptors (Lipinski definition) is 2. The lowest BCUT2D eigenvalue weighted by atomic mass is 10.1. The fraction of sp³-hybridized carbons (Fsp3) is 1.00. The number of nitrogens with two attached hydrogens (primary N) is 1. The first-order valence-corrected chi connectivity index (χ1v) is 7.35. The first kappa shape index (κ1) is 12.4. The second-order valence-corrected chi connectivity index (χ2v) is 5.71. The van der Waals surface area contributed by atoms with E-state index in [0.29, 0.717) is 0 Å². The van der Waals surface area contributed by atoms with Gasteiger partial charge in [-0.25, -0.2) is 0 Å². The molecule has 2 fully saturated rings. The third kappa shape index (κ3) is 4.42. The largest absolute Gasteiger partial charge is 0.330 e. The molecule has 0 spiro atoms. The molecule has 3 N–H and O–H groups in total. The molecule has 2 aliphatic rings. The Hall–Kier alpha value is -0.0800. The number of nitrogens with one attached hydrogen (secondary N) is 1. The van der Waals surface area contributed by atoms with Crippen LogP contribution in [0.15, 0.2) is 0 Å². The summed E-state index contributed by atoms with van der Waals surface area (Å²) in [4.78, 5) is 0. The van der Waals surface area contributed by atoms with E-state index in [4.69, 9.17) is 5.73 Å². The molecule has 0 aromatic rings. The minimum atomic E-state index is 0.865. The third-order valence-electron chi connectivity index (χ3n) is 4.02. The maximum absolute atomic E-state index is 5.48. The molecule has 0 aliphatic heterocycles. The number of rotatable bonds is 10. The standard InChI is InChI=1S/C14H28N2/c15-10-4-2-1-3-5-11-16-14(12-6-7-12)13-8-9-13/h12-14,16H,1-11,15H2. The van der Waals surface area contributed by atoms with Crippen LogP contribution < -0.4 is 11.1 Å². The van der Waals surface area contributed by atoms with Gasteiger partial charge in [-0.2, -0.15) is 0 Å². The third-order valence-corrected chi connectivity index (χ3v) is 4.02. The van der Waals surface area contributed by atoms with E-state index < -0.39 is 0 Å². The lowest BCUT2D eigenvalue weighted by Gasteiger charge is -2.17. The van der Waals surface area contributed by atoms with Gasteiger partial charge in [-0.3, -0.25) is 0 Å². The first-order chi connectivity index (χ1) is 7.92. The quantitative estimate of drug-likeness (QED) is 0.560. The van der Waals surface area contributed by atoms with Gasteiger partial charge in [0.1, 0.15) is 0 Å². The molecule has 2 heteroatoms. The van der Waals surface area contributed by atoms with Crippen LogP contribution in [-0.4, -0.2) is 19.1 Å². The van der Waals surface area contributed by atoms with Crippen molar-refractivity contribution in [3.05, 3.63) is 0 Å². The summed E-state index contributed by atoms with van der Waals surface area (Å²) < 4.78 is 0. The Morgan fingerprint density at radius 3 is 2.00 bits per heavy atom. The Morgan fingerprint density at radius 2 is 1.44 bits per heavy atom. The van der Waals surface area contributed by atoms with Crippen LogP contribution in [0, 0.1) is 11.8 Å². The monoisotopic (exact) mass is 224 g/mol. The van der Waals surface area contributed by atoms with Gasteiger partial charge in [-0.05, 0) is 63.5 Å². The molecule has 0 atom stereocenters. The van der Waals surface area contributed by atoms with E-state index in [-0.39, 0.29) is 0 Å². The summed E-state index contributed by atoms with van der Waals surface area (Å²) in [5, 5.41) is 3.81. The Bertz CT molecular complexity index is 173. The van der Waals surface area contributed by atoms with Gasteiger partial charge < -0.3 is 11.1 Å². The zero-order valence-corrected chi connectivity index (χ0v) is 10.6. The second kappa shape index (κ2) is 6.61. The highest BCUT2D eigenvalue weighted by Crippen LogP contribution is 2.44. The minimum Gasteiger partial charge on any atom is -0.330 e. The maximum atomic E-state index is 5.48. The molecule has 0 bridgehead atoms. The van der Waals surface area contributed by atoms with Crippen molar-refractivity contribution in [3.63, 3.8) is 0 Å². The molecule has 0 heterocycles. The molecule has 0 saturated heterocycles. The van der Waals surface area contributed by atoms with Gasteiger partial charge in [0.2, 0.25) is 0 Å². The van der Waals surface area contributed by atoms with E-state index >= 15 is 0 Å². The topological polar surface area (TPSA) is 38.0 Å². The molecule has 2 nitrogen and oxygen atoms in total. The summed E-state index contributed by atoms with van der Waals surface area (Å²) in [6.45, 7) is 2.12. The van der Waals surface area contributed by atoms with Gasteiger partial charge in [0.05, 0.1) is 0 Å². The SMILES string of the molecule is NCCCCCCCNC(C1CC1)C1CC1. The van der Waals surface area contributed by atoms with E-state index in [2.05, 4.69) is 5.32 Å². The average molecular weight is 224 g/mol. The van der Waals surface area contributed by atoms with Crippen LogP contribution >= 0.6 is 0 Å². The van der Waals surface area contributed by atoms with Gasteiger partial charge in [-0.15, -0.1) is 0 Å². The Morgan fingerprint density at radius 1 is 0.875 bits per heavy atom. The molecule has 0 aromatic carbocycles. The lowest BCUT2D eigenvalue weighted by Crippen LogP contribution is -2.33. The summed E-state index contributed by atoms with van der Waals surface area (Å²) in [7, 11) is 0. The molecular formula is C14H28N2.